The van der Waals surface area contributed by atoms with Gasteiger partial charge in [-0.05, 0) is 39.3 Å². The Balaban J connectivity index is 0.000000383. The fourth-order valence-corrected chi connectivity index (χ4v) is 3.35. The molecule has 1 unspecified atom stereocenters. The van der Waals surface area contributed by atoms with E-state index in [9.17, 15) is 9.13 Å². The van der Waals surface area contributed by atoms with Gasteiger partial charge in [0.05, 0.1) is 6.61 Å². The zero-order valence-corrected chi connectivity index (χ0v) is 16.0. The van der Waals surface area contributed by atoms with Crippen molar-refractivity contribution in [1.29, 1.82) is 0 Å². The molecule has 0 spiro atoms. The van der Waals surface area contributed by atoms with Crippen molar-refractivity contribution in [3.63, 3.8) is 0 Å². The second-order valence-electron chi connectivity index (χ2n) is 4.99. The Kier molecular flexibility index (Phi) is 7.12. The van der Waals surface area contributed by atoms with Crippen LogP contribution in [0.15, 0.2) is 30.3 Å². The van der Waals surface area contributed by atoms with Crippen LogP contribution in [0.3, 0.4) is 0 Å². The fourth-order valence-electron chi connectivity index (χ4n) is 1.76. The Morgan fingerprint density at radius 1 is 1.24 bits per heavy atom. The van der Waals surface area contributed by atoms with E-state index in [1.807, 2.05) is 44.2 Å². The fraction of sp³-hybridized carbons (Fsp3) is 0.455. The number of hydrogen-bond acceptors (Lipinski definition) is 4. The number of benzene rings is 1. The van der Waals surface area contributed by atoms with Crippen LogP contribution < -0.4 is 0 Å². The molecule has 10 heteroatoms. The lowest BCUT2D eigenvalue weighted by Gasteiger charge is -2.39. The van der Waals surface area contributed by atoms with Gasteiger partial charge in [0.25, 0.3) is 0 Å². The molecule has 1 saturated heterocycles. The molecule has 1 aliphatic rings. The Hall–Kier alpha value is 0.760. The van der Waals surface area contributed by atoms with Crippen molar-refractivity contribution in [2.45, 2.75) is 20.0 Å². The Labute approximate surface area is 143 Å². The maximum Gasteiger partial charge on any atom is 0.424 e. The Morgan fingerprint density at radius 3 is 2.19 bits per heavy atom. The largest absolute Gasteiger partial charge is 0.424 e. The Bertz CT molecular complexity index is 552. The molecule has 4 nitrogen and oxygen atoms in total. The van der Waals surface area contributed by atoms with Gasteiger partial charge < -0.3 is 0 Å². The van der Waals surface area contributed by atoms with Crippen LogP contribution in [0.4, 0.5) is 0 Å². The SMILES string of the molecule is CC1(C)CO[P@@](=O)(Cl)OC1c1ccccc1.O=P(Cl)(Cl)Cl. The molecule has 0 saturated carbocycles. The quantitative estimate of drug-likeness (QED) is 0.467. The highest BCUT2D eigenvalue weighted by Crippen LogP contribution is 2.64. The van der Waals surface area contributed by atoms with Crippen molar-refractivity contribution in [2.24, 2.45) is 5.41 Å². The molecule has 0 aromatic heterocycles. The first kappa shape index (κ1) is 19.8. The summed E-state index contributed by atoms with van der Waals surface area (Å²) in [7, 11) is 0. The molecule has 0 aliphatic carbocycles. The smallest absolute Gasteiger partial charge is 0.296 e. The highest BCUT2D eigenvalue weighted by atomic mass is 36.0. The zero-order chi connectivity index (χ0) is 16.3. The third-order valence-corrected chi connectivity index (χ3v) is 4.07. The number of halogens is 4. The van der Waals surface area contributed by atoms with Gasteiger partial charge in [0.2, 0.25) is 0 Å². The topological polar surface area (TPSA) is 52.6 Å². The van der Waals surface area contributed by atoms with Crippen LogP contribution in [0, 0.1) is 5.41 Å². The van der Waals surface area contributed by atoms with E-state index in [0.717, 1.165) is 5.56 Å². The van der Waals surface area contributed by atoms with Crippen LogP contribution in [0.5, 0.6) is 0 Å². The standard InChI is InChI=1S/C11H14ClO3P.Cl3OP/c1-11(2)8-14-16(12,13)15-10(11)9-6-4-3-5-7-9;1-5(2,3)4/h3-7,10H,8H2,1-2H3;/t10?,16-;/m0./s1. The van der Waals surface area contributed by atoms with Gasteiger partial charge in [-0.25, -0.2) is 4.57 Å². The van der Waals surface area contributed by atoms with Crippen molar-refractivity contribution < 1.29 is 18.2 Å². The molecule has 0 bridgehead atoms. The summed E-state index contributed by atoms with van der Waals surface area (Å²) in [5.41, 5.74) is 0.723. The summed E-state index contributed by atoms with van der Waals surface area (Å²) in [6.45, 7) is 0.912. The van der Waals surface area contributed by atoms with E-state index < -0.39 is 12.1 Å². The van der Waals surface area contributed by atoms with Crippen molar-refractivity contribution in [3.05, 3.63) is 35.9 Å². The summed E-state index contributed by atoms with van der Waals surface area (Å²) >= 11 is 19.5. The molecule has 1 aromatic rings. The average molecular weight is 414 g/mol. The highest BCUT2D eigenvalue weighted by Gasteiger charge is 2.44. The molecule has 0 radical (unpaired) electrons. The second kappa shape index (κ2) is 7.55. The van der Waals surface area contributed by atoms with E-state index in [-0.39, 0.29) is 11.5 Å². The molecule has 2 atom stereocenters. The van der Waals surface area contributed by atoms with Crippen molar-refractivity contribution >= 4 is 57.1 Å². The Morgan fingerprint density at radius 2 is 1.71 bits per heavy atom. The maximum atomic E-state index is 11.6. The first-order valence-electron chi connectivity index (χ1n) is 5.77. The first-order valence-corrected chi connectivity index (χ1v) is 12.6. The minimum Gasteiger partial charge on any atom is -0.296 e. The normalized spacial score (nSPS) is 28.4. The van der Waals surface area contributed by atoms with E-state index in [1.165, 1.54) is 0 Å². The van der Waals surface area contributed by atoms with Gasteiger partial charge in [0.1, 0.15) is 6.10 Å². The predicted octanol–water partition coefficient (Wildman–Crippen LogP) is 6.96. The highest BCUT2D eigenvalue weighted by molar-refractivity contribution is 8.24. The van der Waals surface area contributed by atoms with E-state index in [1.54, 1.807) is 0 Å². The minimum absolute atomic E-state index is 0.246. The van der Waals surface area contributed by atoms with E-state index >= 15 is 0 Å². The van der Waals surface area contributed by atoms with E-state index in [2.05, 4.69) is 33.7 Å². The zero-order valence-electron chi connectivity index (χ0n) is 11.2. The molecule has 1 fully saturated rings. The molecule has 0 N–H and O–H groups in total. The van der Waals surface area contributed by atoms with Crippen LogP contribution in [0.25, 0.3) is 0 Å². The van der Waals surface area contributed by atoms with Gasteiger partial charge in [-0.3, -0.25) is 13.6 Å². The van der Waals surface area contributed by atoms with E-state index in [4.69, 9.17) is 20.3 Å². The summed E-state index contributed by atoms with van der Waals surface area (Å²) in [6.07, 6.45) is -0.300. The number of rotatable bonds is 1. The molecular weight excluding hydrogens is 400 g/mol. The molecule has 21 heavy (non-hydrogen) atoms. The van der Waals surface area contributed by atoms with Gasteiger partial charge in [0.15, 0.2) is 0 Å². The van der Waals surface area contributed by atoms with Gasteiger partial charge in [0, 0.05) is 16.7 Å². The summed E-state index contributed by atoms with van der Waals surface area (Å²) in [4.78, 5) is 0. The molecule has 1 heterocycles. The molecule has 1 aliphatic heterocycles. The molecule has 1 aromatic carbocycles. The van der Waals surface area contributed by atoms with Crippen LogP contribution in [-0.2, 0) is 18.2 Å². The van der Waals surface area contributed by atoms with Crippen LogP contribution in [0.2, 0.25) is 0 Å². The molecule has 120 valence electrons. The molecule has 0 amide bonds. The second-order valence-corrected chi connectivity index (χ2v) is 14.2. The lowest BCUT2D eigenvalue weighted by molar-refractivity contribution is -0.0203. The molecular formula is C11H14Cl4O4P2. The summed E-state index contributed by atoms with van der Waals surface area (Å²) in [5.74, 6) is 0. The van der Waals surface area contributed by atoms with Crippen molar-refractivity contribution in [1.82, 2.24) is 0 Å². The summed E-state index contributed by atoms with van der Waals surface area (Å²) in [6, 6.07) is 9.64. The van der Waals surface area contributed by atoms with Gasteiger partial charge >= 0.3 is 12.1 Å². The average Bonchev–Trinajstić information content (AvgIpc) is 2.32. The minimum atomic E-state index is -3.42. The lowest BCUT2D eigenvalue weighted by atomic mass is 9.83. The van der Waals surface area contributed by atoms with E-state index in [0.29, 0.717) is 6.61 Å². The summed E-state index contributed by atoms with van der Waals surface area (Å²) in [5, 5.41) is -3.22. The lowest BCUT2D eigenvalue weighted by Crippen LogP contribution is -2.32. The summed E-state index contributed by atoms with van der Waals surface area (Å²) < 4.78 is 31.5. The third kappa shape index (κ3) is 7.72. The molecule has 2 rings (SSSR count). The van der Waals surface area contributed by atoms with Crippen molar-refractivity contribution in [2.75, 3.05) is 6.61 Å². The van der Waals surface area contributed by atoms with Gasteiger partial charge in [-0.2, -0.15) is 0 Å². The maximum absolute atomic E-state index is 11.6. The van der Waals surface area contributed by atoms with Crippen LogP contribution in [0.1, 0.15) is 25.5 Å². The van der Waals surface area contributed by atoms with Crippen molar-refractivity contribution in [3.8, 4) is 0 Å². The van der Waals surface area contributed by atoms with Crippen LogP contribution >= 0.6 is 57.1 Å². The first-order chi connectivity index (χ1) is 9.41. The van der Waals surface area contributed by atoms with Crippen LogP contribution in [-0.4, -0.2) is 6.61 Å². The van der Waals surface area contributed by atoms with Gasteiger partial charge in [-0.15, -0.1) is 0 Å². The monoisotopic (exact) mass is 412 g/mol. The third-order valence-electron chi connectivity index (χ3n) is 2.63. The predicted molar refractivity (Wildman–Crippen MR) is 88.6 cm³/mol. The van der Waals surface area contributed by atoms with Gasteiger partial charge in [-0.1, -0.05) is 44.2 Å². The number of hydrogen-bond donors (Lipinski definition) is 0.